The van der Waals surface area contributed by atoms with E-state index in [2.05, 4.69) is 40.1 Å². The maximum absolute atomic E-state index is 11.9. The van der Waals surface area contributed by atoms with Gasteiger partial charge in [-0.05, 0) is 48.6 Å². The Hall–Kier alpha value is -3.61. The number of methoxy groups -OCH3 is 1. The Balaban J connectivity index is 1.43. The fourth-order valence-electron chi connectivity index (χ4n) is 4.17. The molecule has 1 N–H and O–H groups in total. The molecule has 2 aliphatic rings. The van der Waals surface area contributed by atoms with E-state index in [1.165, 1.54) is 24.5 Å². The highest BCUT2D eigenvalue weighted by atomic mass is 16.5. The van der Waals surface area contributed by atoms with Gasteiger partial charge in [0.15, 0.2) is 11.5 Å². The van der Waals surface area contributed by atoms with Crippen LogP contribution in [0.25, 0.3) is 10.9 Å². The largest absolute Gasteiger partial charge is 0.493 e. The van der Waals surface area contributed by atoms with E-state index < -0.39 is 0 Å². The molecular formula is C25H26N4O3. The standard InChI is InChI=1S/C25H26N4O3/c1-3-24(30)29-10-9-19(14-29)32-23-12-20-21(13-22(23)31-2)26-15-27-25(20)28-18-6-4-5-17(11-18)16-7-8-16/h3-6,11-13,15-16,19H,1,7-10,14H2,2H3,(H,26,27,28). The number of fused-ring (bicyclic) bond motifs is 1. The molecule has 5 rings (SSSR count). The third-order valence-electron chi connectivity index (χ3n) is 6.04. The second-order valence-electron chi connectivity index (χ2n) is 8.28. The normalized spacial score (nSPS) is 17.9. The molecule has 164 valence electrons. The zero-order valence-electron chi connectivity index (χ0n) is 18.1. The topological polar surface area (TPSA) is 76.6 Å². The Morgan fingerprint density at radius 3 is 2.84 bits per heavy atom. The van der Waals surface area contributed by atoms with Crippen molar-refractivity contribution in [3.63, 3.8) is 0 Å². The van der Waals surface area contributed by atoms with Crippen LogP contribution in [0, 0.1) is 0 Å². The third kappa shape index (κ3) is 4.10. The molecule has 7 heteroatoms. The van der Waals surface area contributed by atoms with Crippen LogP contribution < -0.4 is 14.8 Å². The number of carbonyl (C=O) groups excluding carboxylic acids is 1. The lowest BCUT2D eigenvalue weighted by molar-refractivity contribution is -0.125. The van der Waals surface area contributed by atoms with Gasteiger partial charge in [0.2, 0.25) is 5.91 Å². The average molecular weight is 431 g/mol. The van der Waals surface area contributed by atoms with E-state index in [0.29, 0.717) is 36.3 Å². The molecule has 1 unspecified atom stereocenters. The molecule has 1 amide bonds. The maximum atomic E-state index is 11.9. The predicted octanol–water partition coefficient (Wildman–Crippen LogP) is 4.43. The van der Waals surface area contributed by atoms with Crippen molar-refractivity contribution in [3.05, 3.63) is 60.9 Å². The van der Waals surface area contributed by atoms with E-state index in [0.717, 1.165) is 23.0 Å². The fourth-order valence-corrected chi connectivity index (χ4v) is 4.17. The van der Waals surface area contributed by atoms with Gasteiger partial charge >= 0.3 is 0 Å². The van der Waals surface area contributed by atoms with Crippen molar-refractivity contribution >= 4 is 28.3 Å². The molecule has 1 aromatic heterocycles. The maximum Gasteiger partial charge on any atom is 0.246 e. The van der Waals surface area contributed by atoms with Crippen molar-refractivity contribution in [2.45, 2.75) is 31.3 Å². The van der Waals surface area contributed by atoms with Crippen molar-refractivity contribution in [2.24, 2.45) is 0 Å². The first-order valence-electron chi connectivity index (χ1n) is 10.9. The highest BCUT2D eigenvalue weighted by molar-refractivity contribution is 5.93. The summed E-state index contributed by atoms with van der Waals surface area (Å²) in [5, 5.41) is 4.29. The number of likely N-dealkylation sites (tertiary alicyclic amines) is 1. The third-order valence-corrected chi connectivity index (χ3v) is 6.04. The molecular weight excluding hydrogens is 404 g/mol. The van der Waals surface area contributed by atoms with Crippen molar-refractivity contribution in [2.75, 3.05) is 25.5 Å². The van der Waals surface area contributed by atoms with Crippen LogP contribution in [-0.2, 0) is 4.79 Å². The molecule has 32 heavy (non-hydrogen) atoms. The summed E-state index contributed by atoms with van der Waals surface area (Å²) in [5.41, 5.74) is 3.13. The van der Waals surface area contributed by atoms with Gasteiger partial charge < -0.3 is 19.7 Å². The first-order valence-corrected chi connectivity index (χ1v) is 10.9. The number of benzene rings is 2. The summed E-state index contributed by atoms with van der Waals surface area (Å²) in [6.07, 6.45) is 6.05. The van der Waals surface area contributed by atoms with Gasteiger partial charge in [-0.3, -0.25) is 4.79 Å². The molecule has 1 saturated carbocycles. The van der Waals surface area contributed by atoms with Crippen LogP contribution in [0.2, 0.25) is 0 Å². The van der Waals surface area contributed by atoms with E-state index in [4.69, 9.17) is 9.47 Å². The molecule has 2 aromatic carbocycles. The van der Waals surface area contributed by atoms with Crippen LogP contribution in [0.3, 0.4) is 0 Å². The van der Waals surface area contributed by atoms with Crippen molar-refractivity contribution < 1.29 is 14.3 Å². The van der Waals surface area contributed by atoms with E-state index in [1.54, 1.807) is 18.3 Å². The Labute approximate surface area is 187 Å². The number of ether oxygens (including phenoxy) is 2. The molecule has 7 nitrogen and oxygen atoms in total. The molecule has 1 aliphatic heterocycles. The Morgan fingerprint density at radius 2 is 2.06 bits per heavy atom. The summed E-state index contributed by atoms with van der Waals surface area (Å²) in [5.74, 6) is 2.54. The van der Waals surface area contributed by atoms with Crippen LogP contribution in [0.15, 0.2) is 55.4 Å². The zero-order chi connectivity index (χ0) is 22.1. The highest BCUT2D eigenvalue weighted by Gasteiger charge is 2.27. The predicted molar refractivity (Wildman–Crippen MR) is 124 cm³/mol. The van der Waals surface area contributed by atoms with E-state index in [9.17, 15) is 4.79 Å². The molecule has 0 bridgehead atoms. The van der Waals surface area contributed by atoms with Crippen molar-refractivity contribution in [1.29, 1.82) is 0 Å². The second kappa shape index (κ2) is 8.49. The van der Waals surface area contributed by atoms with Gasteiger partial charge in [-0.15, -0.1) is 0 Å². The number of nitrogens with one attached hydrogen (secondary N) is 1. The van der Waals surface area contributed by atoms with Gasteiger partial charge in [-0.2, -0.15) is 0 Å². The summed E-state index contributed by atoms with van der Waals surface area (Å²) in [7, 11) is 1.61. The first kappa shape index (κ1) is 20.3. The number of aromatic nitrogens is 2. The van der Waals surface area contributed by atoms with Gasteiger partial charge in [0.25, 0.3) is 0 Å². The van der Waals surface area contributed by atoms with Gasteiger partial charge in [0, 0.05) is 30.1 Å². The number of nitrogens with zero attached hydrogens (tertiary/aromatic N) is 3. The SMILES string of the molecule is C=CC(=O)N1CCC(Oc2cc3c(Nc4cccc(C5CC5)c4)ncnc3cc2OC)C1. The van der Waals surface area contributed by atoms with Crippen LogP contribution >= 0.6 is 0 Å². The quantitative estimate of drug-likeness (QED) is 0.559. The first-order chi connectivity index (χ1) is 15.6. The number of carbonyl (C=O) groups is 1. The summed E-state index contributed by atoms with van der Waals surface area (Å²) in [6, 6.07) is 12.3. The highest BCUT2D eigenvalue weighted by Crippen LogP contribution is 2.41. The van der Waals surface area contributed by atoms with E-state index in [1.807, 2.05) is 18.2 Å². The molecule has 0 radical (unpaired) electrons. The molecule has 0 spiro atoms. The summed E-state index contributed by atoms with van der Waals surface area (Å²) < 4.78 is 11.8. The lowest BCUT2D eigenvalue weighted by Gasteiger charge is -2.18. The molecule has 1 saturated heterocycles. The van der Waals surface area contributed by atoms with Crippen LogP contribution in [0.5, 0.6) is 11.5 Å². The summed E-state index contributed by atoms with van der Waals surface area (Å²) >= 11 is 0. The van der Waals surface area contributed by atoms with Gasteiger partial charge in [-0.1, -0.05) is 18.7 Å². The van der Waals surface area contributed by atoms with E-state index >= 15 is 0 Å². The number of anilines is 2. The van der Waals surface area contributed by atoms with Gasteiger partial charge in [-0.25, -0.2) is 9.97 Å². The lowest BCUT2D eigenvalue weighted by Crippen LogP contribution is -2.29. The Morgan fingerprint density at radius 1 is 1.19 bits per heavy atom. The van der Waals surface area contributed by atoms with Crippen molar-refractivity contribution in [1.82, 2.24) is 14.9 Å². The van der Waals surface area contributed by atoms with E-state index in [-0.39, 0.29) is 12.0 Å². The number of amides is 1. The molecule has 2 fully saturated rings. The molecule has 1 aliphatic carbocycles. The van der Waals surface area contributed by atoms with Gasteiger partial charge in [0.05, 0.1) is 19.2 Å². The van der Waals surface area contributed by atoms with Crippen LogP contribution in [0.1, 0.15) is 30.7 Å². The molecule has 2 heterocycles. The smallest absolute Gasteiger partial charge is 0.246 e. The average Bonchev–Trinajstić information content (AvgIpc) is 3.57. The monoisotopic (exact) mass is 430 g/mol. The number of rotatable bonds is 7. The minimum atomic E-state index is -0.110. The summed E-state index contributed by atoms with van der Waals surface area (Å²) in [6.45, 7) is 4.74. The lowest BCUT2D eigenvalue weighted by atomic mass is 10.1. The fraction of sp³-hybridized carbons (Fsp3) is 0.320. The minimum absolute atomic E-state index is 0.0742. The Bertz CT molecular complexity index is 1180. The van der Waals surface area contributed by atoms with Crippen molar-refractivity contribution in [3.8, 4) is 11.5 Å². The summed E-state index contributed by atoms with van der Waals surface area (Å²) in [4.78, 5) is 22.5. The minimum Gasteiger partial charge on any atom is -0.493 e. The Kier molecular flexibility index (Phi) is 5.39. The zero-order valence-corrected chi connectivity index (χ0v) is 18.1. The van der Waals surface area contributed by atoms with Crippen LogP contribution in [-0.4, -0.2) is 47.1 Å². The second-order valence-corrected chi connectivity index (χ2v) is 8.28. The van der Waals surface area contributed by atoms with Crippen LogP contribution in [0.4, 0.5) is 11.5 Å². The number of hydrogen-bond acceptors (Lipinski definition) is 6. The molecule has 3 aromatic rings. The number of hydrogen-bond donors (Lipinski definition) is 1. The molecule has 1 atom stereocenters. The van der Waals surface area contributed by atoms with Gasteiger partial charge in [0.1, 0.15) is 18.2 Å².